The Kier molecular flexibility index (Phi) is 3.78. The zero-order valence-electron chi connectivity index (χ0n) is 12.1. The van der Waals surface area contributed by atoms with Crippen LogP contribution in [0.25, 0.3) is 0 Å². The van der Waals surface area contributed by atoms with Gasteiger partial charge in [0.05, 0.1) is 6.04 Å². The highest BCUT2D eigenvalue weighted by Gasteiger charge is 2.26. The first kappa shape index (κ1) is 13.9. The molecule has 1 atom stereocenters. The van der Waals surface area contributed by atoms with Crippen molar-refractivity contribution in [2.24, 2.45) is 0 Å². The Labute approximate surface area is 124 Å². The third-order valence-corrected chi connectivity index (χ3v) is 4.23. The molecule has 1 unspecified atom stereocenters. The average molecular weight is 286 g/mol. The normalized spacial score (nSPS) is 17.6. The Balaban J connectivity index is 1.65. The minimum absolute atomic E-state index is 0.0851. The summed E-state index contributed by atoms with van der Waals surface area (Å²) < 4.78 is 15.8. The van der Waals surface area contributed by atoms with Gasteiger partial charge in [-0.2, -0.15) is 0 Å². The zero-order chi connectivity index (χ0) is 14.8. The lowest BCUT2D eigenvalue weighted by atomic mass is 10.1. The number of aryl methyl sites for hydroxylation is 1. The molecule has 0 saturated carbocycles. The SMILES string of the molecule is CC1c2cccn2CCN1C(=O)CCc1ccccc1F. The Bertz CT molecular complexity index is 650. The fourth-order valence-corrected chi connectivity index (χ4v) is 3.01. The van der Waals surface area contributed by atoms with Gasteiger partial charge in [-0.15, -0.1) is 0 Å². The molecule has 1 aromatic carbocycles. The monoisotopic (exact) mass is 286 g/mol. The van der Waals surface area contributed by atoms with Crippen molar-refractivity contribution in [2.45, 2.75) is 32.4 Å². The largest absolute Gasteiger partial charge is 0.348 e. The summed E-state index contributed by atoms with van der Waals surface area (Å²) in [5.41, 5.74) is 1.78. The number of halogens is 1. The van der Waals surface area contributed by atoms with E-state index in [1.165, 1.54) is 11.8 Å². The average Bonchev–Trinajstić information content (AvgIpc) is 2.96. The van der Waals surface area contributed by atoms with Gasteiger partial charge in [0.25, 0.3) is 0 Å². The highest BCUT2D eigenvalue weighted by atomic mass is 19.1. The molecule has 1 aliphatic heterocycles. The van der Waals surface area contributed by atoms with Gasteiger partial charge >= 0.3 is 0 Å². The highest BCUT2D eigenvalue weighted by molar-refractivity contribution is 5.77. The maximum atomic E-state index is 13.6. The van der Waals surface area contributed by atoms with Gasteiger partial charge in [0.2, 0.25) is 5.91 Å². The number of carbonyl (C=O) groups is 1. The van der Waals surface area contributed by atoms with Crippen molar-refractivity contribution in [3.05, 3.63) is 59.7 Å². The fourth-order valence-electron chi connectivity index (χ4n) is 3.01. The summed E-state index contributed by atoms with van der Waals surface area (Å²) in [6.07, 6.45) is 2.86. The van der Waals surface area contributed by atoms with Crippen molar-refractivity contribution in [1.29, 1.82) is 0 Å². The van der Waals surface area contributed by atoms with Crippen molar-refractivity contribution < 1.29 is 9.18 Å². The number of amides is 1. The molecule has 3 nitrogen and oxygen atoms in total. The molecule has 0 aliphatic carbocycles. The predicted molar refractivity (Wildman–Crippen MR) is 79.3 cm³/mol. The highest BCUT2D eigenvalue weighted by Crippen LogP contribution is 2.26. The van der Waals surface area contributed by atoms with E-state index in [-0.39, 0.29) is 17.8 Å². The van der Waals surface area contributed by atoms with Crippen LogP contribution < -0.4 is 0 Å². The van der Waals surface area contributed by atoms with E-state index < -0.39 is 0 Å². The first-order valence-corrected chi connectivity index (χ1v) is 7.34. The lowest BCUT2D eigenvalue weighted by molar-refractivity contribution is -0.134. The van der Waals surface area contributed by atoms with E-state index in [4.69, 9.17) is 0 Å². The minimum Gasteiger partial charge on any atom is -0.348 e. The molecule has 1 aliphatic rings. The van der Waals surface area contributed by atoms with Crippen molar-refractivity contribution in [1.82, 2.24) is 9.47 Å². The van der Waals surface area contributed by atoms with E-state index in [2.05, 4.69) is 10.6 Å². The predicted octanol–water partition coefficient (Wildman–Crippen LogP) is 3.16. The van der Waals surface area contributed by atoms with E-state index in [0.29, 0.717) is 18.4 Å². The third-order valence-electron chi connectivity index (χ3n) is 4.23. The zero-order valence-corrected chi connectivity index (χ0v) is 12.1. The van der Waals surface area contributed by atoms with Crippen molar-refractivity contribution in [2.75, 3.05) is 6.54 Å². The number of carbonyl (C=O) groups excluding carboxylic acids is 1. The molecule has 110 valence electrons. The quantitative estimate of drug-likeness (QED) is 0.851. The maximum absolute atomic E-state index is 13.6. The van der Waals surface area contributed by atoms with Crippen LogP contribution in [0.15, 0.2) is 42.6 Å². The van der Waals surface area contributed by atoms with Crippen LogP contribution in [0.2, 0.25) is 0 Å². The standard InChI is InChI=1S/C17H19FN2O/c1-13-16-7-4-10-19(16)11-12-20(13)17(21)9-8-14-5-2-3-6-15(14)18/h2-7,10,13H,8-9,11-12H2,1H3. The molecule has 0 fully saturated rings. The van der Waals surface area contributed by atoms with Crippen LogP contribution in [-0.4, -0.2) is 21.9 Å². The van der Waals surface area contributed by atoms with Crippen LogP contribution in [0.4, 0.5) is 4.39 Å². The second-order valence-corrected chi connectivity index (χ2v) is 5.48. The molecule has 0 bridgehead atoms. The van der Waals surface area contributed by atoms with Gasteiger partial charge < -0.3 is 9.47 Å². The molecule has 0 spiro atoms. The summed E-state index contributed by atoms with van der Waals surface area (Å²) in [7, 11) is 0. The number of hydrogen-bond acceptors (Lipinski definition) is 1. The molecule has 0 N–H and O–H groups in total. The molecule has 1 aromatic heterocycles. The number of aromatic nitrogens is 1. The van der Waals surface area contributed by atoms with Gasteiger partial charge in [-0.3, -0.25) is 4.79 Å². The summed E-state index contributed by atoms with van der Waals surface area (Å²) in [6.45, 7) is 3.60. The molecular weight excluding hydrogens is 267 g/mol. The van der Waals surface area contributed by atoms with E-state index in [1.807, 2.05) is 24.1 Å². The molecule has 0 radical (unpaired) electrons. The van der Waals surface area contributed by atoms with Crippen molar-refractivity contribution in [3.8, 4) is 0 Å². The topological polar surface area (TPSA) is 25.2 Å². The van der Waals surface area contributed by atoms with Crippen LogP contribution in [0, 0.1) is 5.82 Å². The summed E-state index contributed by atoms with van der Waals surface area (Å²) in [5.74, 6) is -0.135. The number of hydrogen-bond donors (Lipinski definition) is 0. The summed E-state index contributed by atoms with van der Waals surface area (Å²) in [6, 6.07) is 10.8. The van der Waals surface area contributed by atoms with Crippen LogP contribution in [-0.2, 0) is 17.8 Å². The fraction of sp³-hybridized carbons (Fsp3) is 0.353. The maximum Gasteiger partial charge on any atom is 0.223 e. The number of nitrogens with zero attached hydrogens (tertiary/aromatic N) is 2. The third kappa shape index (κ3) is 2.71. The second kappa shape index (κ2) is 5.72. The summed E-state index contributed by atoms with van der Waals surface area (Å²) in [4.78, 5) is 14.3. The molecule has 2 heterocycles. The number of benzene rings is 1. The Hall–Kier alpha value is -2.10. The summed E-state index contributed by atoms with van der Waals surface area (Å²) >= 11 is 0. The van der Waals surface area contributed by atoms with Gasteiger partial charge in [-0.05, 0) is 37.1 Å². The smallest absolute Gasteiger partial charge is 0.223 e. The van der Waals surface area contributed by atoms with Gasteiger partial charge in [-0.25, -0.2) is 4.39 Å². The van der Waals surface area contributed by atoms with Crippen molar-refractivity contribution >= 4 is 5.91 Å². The number of rotatable bonds is 3. The van der Waals surface area contributed by atoms with Crippen LogP contribution in [0.1, 0.15) is 30.6 Å². The van der Waals surface area contributed by atoms with Crippen LogP contribution in [0.3, 0.4) is 0 Å². The molecule has 4 heteroatoms. The molecule has 1 amide bonds. The molecule has 3 rings (SSSR count). The lowest BCUT2D eigenvalue weighted by Crippen LogP contribution is -2.40. The lowest BCUT2D eigenvalue weighted by Gasteiger charge is -2.35. The van der Waals surface area contributed by atoms with Crippen LogP contribution in [0.5, 0.6) is 0 Å². The van der Waals surface area contributed by atoms with Gasteiger partial charge in [0.15, 0.2) is 0 Å². The van der Waals surface area contributed by atoms with E-state index >= 15 is 0 Å². The van der Waals surface area contributed by atoms with Gasteiger partial charge in [0, 0.05) is 31.4 Å². The molecule has 2 aromatic rings. The Morgan fingerprint density at radius 2 is 2.05 bits per heavy atom. The number of fused-ring (bicyclic) bond motifs is 1. The summed E-state index contributed by atoms with van der Waals surface area (Å²) in [5, 5.41) is 0. The van der Waals surface area contributed by atoms with Crippen molar-refractivity contribution in [3.63, 3.8) is 0 Å². The van der Waals surface area contributed by atoms with E-state index in [0.717, 1.165) is 13.1 Å². The first-order valence-electron chi connectivity index (χ1n) is 7.34. The van der Waals surface area contributed by atoms with Gasteiger partial charge in [0.1, 0.15) is 5.82 Å². The Morgan fingerprint density at radius 3 is 2.86 bits per heavy atom. The molecule has 21 heavy (non-hydrogen) atoms. The molecular formula is C17H19FN2O. The Morgan fingerprint density at radius 1 is 1.24 bits per heavy atom. The van der Waals surface area contributed by atoms with E-state index in [9.17, 15) is 9.18 Å². The molecule has 0 saturated heterocycles. The van der Waals surface area contributed by atoms with Crippen LogP contribution >= 0.6 is 0 Å². The minimum atomic E-state index is -0.231. The van der Waals surface area contributed by atoms with Gasteiger partial charge in [-0.1, -0.05) is 18.2 Å². The second-order valence-electron chi connectivity index (χ2n) is 5.48. The van der Waals surface area contributed by atoms with E-state index in [1.54, 1.807) is 18.2 Å². The first-order chi connectivity index (χ1) is 10.2.